The summed E-state index contributed by atoms with van der Waals surface area (Å²) in [6.07, 6.45) is -3.65. The smallest absolute Gasteiger partial charge is 0.380 e. The van der Waals surface area contributed by atoms with Crippen LogP contribution in [0, 0.1) is 5.41 Å². The van der Waals surface area contributed by atoms with Gasteiger partial charge in [0.1, 0.15) is 6.67 Å². The molecule has 1 atom stereocenters. The van der Waals surface area contributed by atoms with E-state index >= 15 is 0 Å². The first-order chi connectivity index (χ1) is 10.4. The zero-order valence-corrected chi connectivity index (χ0v) is 11.9. The molecule has 1 aliphatic rings. The molecule has 1 aliphatic heterocycles. The zero-order valence-electron chi connectivity index (χ0n) is 11.9. The fourth-order valence-corrected chi connectivity index (χ4v) is 2.56. The van der Waals surface area contributed by atoms with Crippen LogP contribution in [0.3, 0.4) is 0 Å². The maximum atomic E-state index is 12.5. The Balaban J connectivity index is 2.13. The number of ether oxygens (including phenoxy) is 1. The highest BCUT2D eigenvalue weighted by molar-refractivity contribution is 5.83. The van der Waals surface area contributed by atoms with Crippen LogP contribution < -0.4 is 5.32 Å². The highest BCUT2D eigenvalue weighted by Crippen LogP contribution is 2.34. The Bertz CT molecular complexity index is 507. The van der Waals surface area contributed by atoms with Gasteiger partial charge in [-0.05, 0) is 30.5 Å². The van der Waals surface area contributed by atoms with Gasteiger partial charge in [-0.2, -0.15) is 13.2 Å². The molecule has 7 heteroatoms. The van der Waals surface area contributed by atoms with Gasteiger partial charge >= 0.3 is 6.18 Å². The van der Waals surface area contributed by atoms with Crippen LogP contribution in [-0.4, -0.2) is 32.3 Å². The van der Waals surface area contributed by atoms with Crippen LogP contribution in [0.25, 0.3) is 0 Å². The van der Waals surface area contributed by atoms with Gasteiger partial charge in [-0.1, -0.05) is 12.1 Å². The molecule has 3 nitrogen and oxygen atoms in total. The predicted octanol–water partition coefficient (Wildman–Crippen LogP) is 2.74. The maximum Gasteiger partial charge on any atom is 0.416 e. The molecular weight excluding hydrogens is 302 g/mol. The Hall–Kier alpha value is -1.63. The fourth-order valence-electron chi connectivity index (χ4n) is 2.56. The number of alkyl halides is 4. The molecular formula is C15H17F4NO2. The summed E-state index contributed by atoms with van der Waals surface area (Å²) in [6, 6.07) is 4.73. The van der Waals surface area contributed by atoms with Crippen molar-refractivity contribution in [2.75, 3.05) is 26.4 Å². The monoisotopic (exact) mass is 319 g/mol. The van der Waals surface area contributed by atoms with Crippen LogP contribution in [0.5, 0.6) is 0 Å². The third-order valence-corrected chi connectivity index (χ3v) is 3.79. The number of amides is 1. The summed E-state index contributed by atoms with van der Waals surface area (Å²) < 4.78 is 55.1. The number of hydrogen-bond donors (Lipinski definition) is 1. The maximum absolute atomic E-state index is 12.5. The minimum atomic E-state index is -4.38. The lowest BCUT2D eigenvalue weighted by molar-refractivity contribution is -0.137. The minimum absolute atomic E-state index is 0.0758. The number of carbonyl (C=O) groups is 1. The molecule has 0 aromatic heterocycles. The lowest BCUT2D eigenvalue weighted by atomic mass is 9.80. The van der Waals surface area contributed by atoms with Crippen molar-refractivity contribution < 1.29 is 27.1 Å². The number of nitrogens with one attached hydrogen (secondary N) is 1. The molecule has 0 bridgehead atoms. The molecule has 1 fully saturated rings. The molecule has 122 valence electrons. The van der Waals surface area contributed by atoms with E-state index in [1.54, 1.807) is 0 Å². The van der Waals surface area contributed by atoms with E-state index in [-0.39, 0.29) is 25.5 Å². The van der Waals surface area contributed by atoms with Crippen molar-refractivity contribution in [2.24, 2.45) is 5.41 Å². The van der Waals surface area contributed by atoms with Crippen molar-refractivity contribution in [3.63, 3.8) is 0 Å². The van der Waals surface area contributed by atoms with Crippen LogP contribution in [0.4, 0.5) is 17.6 Å². The number of halogens is 4. The molecule has 0 aliphatic carbocycles. The van der Waals surface area contributed by atoms with Crippen LogP contribution in [0.2, 0.25) is 0 Å². The topological polar surface area (TPSA) is 38.3 Å². The van der Waals surface area contributed by atoms with Crippen LogP contribution in [0.1, 0.15) is 17.5 Å². The summed E-state index contributed by atoms with van der Waals surface area (Å²) in [5.74, 6) is -0.317. The van der Waals surface area contributed by atoms with Gasteiger partial charge in [0, 0.05) is 13.2 Å². The molecule has 1 heterocycles. The molecule has 1 N–H and O–H groups in total. The molecule has 22 heavy (non-hydrogen) atoms. The van der Waals surface area contributed by atoms with Crippen molar-refractivity contribution in [2.45, 2.75) is 19.0 Å². The van der Waals surface area contributed by atoms with Gasteiger partial charge in [-0.25, -0.2) is 4.39 Å². The second-order valence-corrected chi connectivity index (χ2v) is 5.40. The van der Waals surface area contributed by atoms with E-state index in [1.807, 2.05) is 0 Å². The molecule has 0 unspecified atom stereocenters. The Morgan fingerprint density at radius 1 is 1.27 bits per heavy atom. The van der Waals surface area contributed by atoms with Crippen molar-refractivity contribution in [3.05, 3.63) is 35.4 Å². The summed E-state index contributed by atoms with van der Waals surface area (Å²) in [5, 5.41) is 2.50. The summed E-state index contributed by atoms with van der Waals surface area (Å²) >= 11 is 0. The zero-order chi connectivity index (χ0) is 16.2. The summed E-state index contributed by atoms with van der Waals surface area (Å²) in [5.41, 5.74) is -0.946. The summed E-state index contributed by atoms with van der Waals surface area (Å²) in [6.45, 7) is -0.146. The van der Waals surface area contributed by atoms with Gasteiger partial charge in [0.25, 0.3) is 0 Å². The quantitative estimate of drug-likeness (QED) is 0.848. The Labute approximate surface area is 125 Å². The molecule has 0 spiro atoms. The number of carbonyl (C=O) groups excluding carboxylic acids is 1. The van der Waals surface area contributed by atoms with Gasteiger partial charge in [0.15, 0.2) is 0 Å². The van der Waals surface area contributed by atoms with E-state index in [4.69, 9.17) is 4.74 Å². The largest absolute Gasteiger partial charge is 0.416 e. The van der Waals surface area contributed by atoms with Gasteiger partial charge in [-0.15, -0.1) is 0 Å². The summed E-state index contributed by atoms with van der Waals surface area (Å²) in [4.78, 5) is 12.2. The highest BCUT2D eigenvalue weighted by atomic mass is 19.4. The normalized spacial score (nSPS) is 21.8. The first-order valence-electron chi connectivity index (χ1n) is 6.95. The van der Waals surface area contributed by atoms with Gasteiger partial charge in [0.2, 0.25) is 5.91 Å². The lowest BCUT2D eigenvalue weighted by Crippen LogP contribution is -2.43. The van der Waals surface area contributed by atoms with Crippen LogP contribution in [0.15, 0.2) is 24.3 Å². The third-order valence-electron chi connectivity index (χ3n) is 3.79. The first kappa shape index (κ1) is 16.7. The van der Waals surface area contributed by atoms with Crippen molar-refractivity contribution >= 4 is 5.91 Å². The number of hydrogen-bond acceptors (Lipinski definition) is 2. The van der Waals surface area contributed by atoms with Crippen LogP contribution >= 0.6 is 0 Å². The molecule has 1 aromatic rings. The average molecular weight is 319 g/mol. The van der Waals surface area contributed by atoms with Gasteiger partial charge in [-0.3, -0.25) is 4.79 Å². The van der Waals surface area contributed by atoms with Crippen LogP contribution in [-0.2, 0) is 22.1 Å². The van der Waals surface area contributed by atoms with E-state index in [1.165, 1.54) is 12.1 Å². The minimum Gasteiger partial charge on any atom is -0.380 e. The van der Waals surface area contributed by atoms with E-state index in [2.05, 4.69) is 5.32 Å². The highest BCUT2D eigenvalue weighted by Gasteiger charge is 2.42. The molecule has 0 saturated carbocycles. The molecule has 2 rings (SSSR count). The van der Waals surface area contributed by atoms with E-state index in [9.17, 15) is 22.4 Å². The predicted molar refractivity (Wildman–Crippen MR) is 72.0 cm³/mol. The Morgan fingerprint density at radius 2 is 1.95 bits per heavy atom. The third kappa shape index (κ3) is 3.76. The lowest BCUT2D eigenvalue weighted by Gasteiger charge is -2.26. The molecule has 1 saturated heterocycles. The average Bonchev–Trinajstić information content (AvgIpc) is 2.94. The van der Waals surface area contributed by atoms with Crippen molar-refractivity contribution in [1.29, 1.82) is 0 Å². The van der Waals surface area contributed by atoms with E-state index < -0.39 is 23.8 Å². The van der Waals surface area contributed by atoms with E-state index in [0.717, 1.165) is 12.1 Å². The standard InChI is InChI=1S/C15H17F4NO2/c16-6-7-20-13(21)14(5-8-22-10-14)9-11-1-3-12(4-2-11)15(17,18)19/h1-4H,5-10H2,(H,20,21)/t14-/m1/s1. The second-order valence-electron chi connectivity index (χ2n) is 5.40. The SMILES string of the molecule is O=C(NCCF)[C@@]1(Cc2ccc(C(F)(F)F)cc2)CCOC1. The molecule has 1 aromatic carbocycles. The summed E-state index contributed by atoms with van der Waals surface area (Å²) in [7, 11) is 0. The molecule has 1 amide bonds. The number of rotatable bonds is 5. The van der Waals surface area contributed by atoms with Crippen molar-refractivity contribution in [1.82, 2.24) is 5.32 Å². The van der Waals surface area contributed by atoms with E-state index in [0.29, 0.717) is 18.6 Å². The number of benzene rings is 1. The Kier molecular flexibility index (Phi) is 5.05. The first-order valence-corrected chi connectivity index (χ1v) is 6.95. The second kappa shape index (κ2) is 6.64. The molecule has 0 radical (unpaired) electrons. The van der Waals surface area contributed by atoms with Gasteiger partial charge in [0.05, 0.1) is 17.6 Å². The van der Waals surface area contributed by atoms with Gasteiger partial charge < -0.3 is 10.1 Å². The fraction of sp³-hybridized carbons (Fsp3) is 0.533. The van der Waals surface area contributed by atoms with Crippen molar-refractivity contribution in [3.8, 4) is 0 Å². The Morgan fingerprint density at radius 3 is 2.45 bits per heavy atom.